The van der Waals surface area contributed by atoms with Crippen LogP contribution in [0.4, 0.5) is 4.79 Å². The fourth-order valence-corrected chi connectivity index (χ4v) is 6.35. The number of benzene rings is 3. The van der Waals surface area contributed by atoms with Crippen molar-refractivity contribution in [3.05, 3.63) is 134 Å². The van der Waals surface area contributed by atoms with Crippen LogP contribution >= 0.6 is 22.7 Å². The molecule has 0 radical (unpaired) electrons. The van der Waals surface area contributed by atoms with Crippen molar-refractivity contribution < 1.29 is 19.1 Å². The second-order valence-electron chi connectivity index (χ2n) is 10.8. The van der Waals surface area contributed by atoms with E-state index in [-0.39, 0.29) is 12.5 Å². The van der Waals surface area contributed by atoms with E-state index in [1.807, 2.05) is 89.7 Å². The highest BCUT2D eigenvalue weighted by atomic mass is 32.1. The van der Waals surface area contributed by atoms with Gasteiger partial charge in [0.2, 0.25) is 0 Å². The predicted octanol–water partition coefficient (Wildman–Crippen LogP) is 8.78. The van der Waals surface area contributed by atoms with Gasteiger partial charge in [0, 0.05) is 10.8 Å². The fraction of sp³-hybridized carbons (Fsp3) is 0.189. The van der Waals surface area contributed by atoms with Crippen molar-refractivity contribution in [1.29, 1.82) is 0 Å². The molecule has 0 spiro atoms. The van der Waals surface area contributed by atoms with Crippen molar-refractivity contribution in [3.8, 4) is 5.75 Å². The number of amides is 2. The Balaban J connectivity index is 0.900. The van der Waals surface area contributed by atoms with Crippen LogP contribution in [0.15, 0.2) is 95.7 Å². The Morgan fingerprint density at radius 1 is 0.739 bits per heavy atom. The Bertz CT molecular complexity index is 1800. The third-order valence-electron chi connectivity index (χ3n) is 7.39. The number of imide groups is 1. The van der Waals surface area contributed by atoms with Crippen LogP contribution in [0.5, 0.6) is 5.75 Å². The van der Waals surface area contributed by atoms with Gasteiger partial charge in [0.05, 0.1) is 17.9 Å². The van der Waals surface area contributed by atoms with Crippen molar-refractivity contribution in [3.63, 3.8) is 0 Å². The van der Waals surface area contributed by atoms with E-state index in [1.165, 1.54) is 16.9 Å². The van der Waals surface area contributed by atoms with E-state index in [0.29, 0.717) is 18.7 Å². The summed E-state index contributed by atoms with van der Waals surface area (Å²) in [5.74, 6) is 0.501. The minimum Gasteiger partial charge on any atom is -0.487 e. The molecule has 1 fully saturated rings. The third kappa shape index (κ3) is 8.65. The number of hydrogen-bond acceptors (Lipinski definition) is 8. The van der Waals surface area contributed by atoms with Crippen LogP contribution in [0.2, 0.25) is 0 Å². The van der Waals surface area contributed by atoms with E-state index in [1.54, 1.807) is 11.3 Å². The first-order valence-corrected chi connectivity index (χ1v) is 16.9. The van der Waals surface area contributed by atoms with Crippen LogP contribution < -0.4 is 4.74 Å². The predicted molar refractivity (Wildman–Crippen MR) is 184 cm³/mol. The van der Waals surface area contributed by atoms with Gasteiger partial charge in [0.15, 0.2) is 6.10 Å². The topological polar surface area (TPSA) is 81.6 Å². The van der Waals surface area contributed by atoms with Crippen molar-refractivity contribution in [2.24, 2.45) is 0 Å². The van der Waals surface area contributed by atoms with E-state index in [4.69, 9.17) is 9.47 Å². The van der Waals surface area contributed by atoms with Gasteiger partial charge in [-0.2, -0.15) is 0 Å². The minimum absolute atomic E-state index is 0.118. The molecule has 0 N–H and O–H groups in total. The summed E-state index contributed by atoms with van der Waals surface area (Å²) in [5, 5.41) is 5.65. The van der Waals surface area contributed by atoms with E-state index >= 15 is 0 Å². The number of cyclic esters (lactones) is 1. The highest BCUT2D eigenvalue weighted by Crippen LogP contribution is 2.23. The monoisotopic (exact) mass is 647 g/mol. The van der Waals surface area contributed by atoms with Crippen LogP contribution in [0.1, 0.15) is 57.4 Å². The largest absolute Gasteiger partial charge is 0.487 e. The number of hydrogen-bond donors (Lipinski definition) is 0. The number of nitrogens with zero attached hydrogens (tertiary/aromatic N) is 3. The second kappa shape index (κ2) is 15.4. The average Bonchev–Trinajstić information content (AvgIpc) is 3.82. The lowest BCUT2D eigenvalue weighted by molar-refractivity contribution is -0.130. The van der Waals surface area contributed by atoms with Gasteiger partial charge in [-0.1, -0.05) is 84.9 Å². The zero-order valence-corrected chi connectivity index (χ0v) is 26.8. The summed E-state index contributed by atoms with van der Waals surface area (Å²) in [6.45, 7) is 0.530. The molecule has 1 saturated heterocycles. The molecular weight excluding hydrogens is 615 g/mol. The lowest BCUT2D eigenvalue weighted by Gasteiger charge is -2.09. The summed E-state index contributed by atoms with van der Waals surface area (Å²) in [6, 6.07) is 28.2. The van der Waals surface area contributed by atoms with E-state index in [2.05, 4.69) is 40.3 Å². The number of rotatable bonds is 14. The Kier molecular flexibility index (Phi) is 10.4. The highest BCUT2D eigenvalue weighted by Gasteiger charge is 2.40. The molecule has 1 unspecified atom stereocenters. The van der Waals surface area contributed by atoms with Crippen LogP contribution in [0.3, 0.4) is 0 Å². The first-order chi connectivity index (χ1) is 22.6. The van der Waals surface area contributed by atoms with Crippen molar-refractivity contribution >= 4 is 59.0 Å². The maximum Gasteiger partial charge on any atom is 0.417 e. The lowest BCUT2D eigenvalue weighted by atomic mass is 10.0. The Labute approximate surface area is 276 Å². The summed E-state index contributed by atoms with van der Waals surface area (Å²) >= 11 is 3.07. The molecule has 2 amide bonds. The zero-order chi connectivity index (χ0) is 31.6. The van der Waals surface area contributed by atoms with Crippen LogP contribution in [0, 0.1) is 0 Å². The Hall–Kier alpha value is -4.86. The maximum absolute atomic E-state index is 12.9. The summed E-state index contributed by atoms with van der Waals surface area (Å²) in [4.78, 5) is 35.7. The molecular formula is C37H33N3O4S2. The lowest BCUT2D eigenvalue weighted by Crippen LogP contribution is -2.31. The highest BCUT2D eigenvalue weighted by molar-refractivity contribution is 7.10. The standard InChI is InChI=1S/C37H33N3O4S2/c41-36-33(44-37(42)40(36)23-30-25-45-34(38-30)21-17-27-9-3-1-4-10-27)14-8-7-13-29-15-19-32(20-16-29)43-24-31-26-46-35(39-31)22-18-28-11-5-2-6-12-28/h1-6,9-12,15-22,25-26,33H,7-8,13-14,23-24H2/b21-17+,22-18+. The van der Waals surface area contributed by atoms with Crippen molar-refractivity contribution in [2.75, 3.05) is 0 Å². The summed E-state index contributed by atoms with van der Waals surface area (Å²) in [6.07, 6.45) is 9.67. The molecule has 0 aliphatic carbocycles. The molecule has 7 nitrogen and oxygen atoms in total. The van der Waals surface area contributed by atoms with Gasteiger partial charge < -0.3 is 9.47 Å². The summed E-state index contributed by atoms with van der Waals surface area (Å²) < 4.78 is 11.4. The molecule has 3 aromatic carbocycles. The number of aromatic nitrogens is 2. The van der Waals surface area contributed by atoms with Crippen LogP contribution in [0.25, 0.3) is 24.3 Å². The SMILES string of the molecule is O=C1OC(CCCCc2ccc(OCc3csc(/C=C/c4ccccc4)n3)cc2)C(=O)N1Cc1csc(/C=C/c2ccccc2)n1. The van der Waals surface area contributed by atoms with Gasteiger partial charge in [-0.05, 0) is 66.7 Å². The number of ether oxygens (including phenoxy) is 2. The summed E-state index contributed by atoms with van der Waals surface area (Å²) in [5.41, 5.74) is 4.98. The molecule has 1 aliphatic heterocycles. The Morgan fingerprint density at radius 2 is 1.35 bits per heavy atom. The van der Waals surface area contributed by atoms with Gasteiger partial charge in [-0.15, -0.1) is 22.7 Å². The molecule has 46 heavy (non-hydrogen) atoms. The van der Waals surface area contributed by atoms with E-state index in [9.17, 15) is 9.59 Å². The van der Waals surface area contributed by atoms with Gasteiger partial charge in [-0.25, -0.2) is 19.7 Å². The normalized spacial score (nSPS) is 14.9. The number of carbonyl (C=O) groups is 2. The van der Waals surface area contributed by atoms with Crippen molar-refractivity contribution in [1.82, 2.24) is 14.9 Å². The molecule has 9 heteroatoms. The summed E-state index contributed by atoms with van der Waals surface area (Å²) in [7, 11) is 0. The van der Waals surface area contributed by atoms with Gasteiger partial charge in [-0.3, -0.25) is 4.79 Å². The molecule has 0 saturated carbocycles. The molecule has 1 atom stereocenters. The Morgan fingerprint density at radius 3 is 2.00 bits per heavy atom. The zero-order valence-electron chi connectivity index (χ0n) is 25.2. The second-order valence-corrected chi connectivity index (χ2v) is 12.6. The van der Waals surface area contributed by atoms with E-state index < -0.39 is 12.2 Å². The van der Waals surface area contributed by atoms with Gasteiger partial charge >= 0.3 is 6.09 Å². The molecule has 232 valence electrons. The fourth-order valence-electron chi connectivity index (χ4n) is 4.96. The third-order valence-corrected chi connectivity index (χ3v) is 9.11. The smallest absolute Gasteiger partial charge is 0.417 e. The average molecular weight is 648 g/mol. The first-order valence-electron chi connectivity index (χ1n) is 15.2. The minimum atomic E-state index is -0.737. The van der Waals surface area contributed by atoms with Gasteiger partial charge in [0.1, 0.15) is 22.4 Å². The molecule has 5 aromatic rings. The molecule has 6 rings (SSSR count). The molecule has 1 aliphatic rings. The number of carbonyl (C=O) groups excluding carboxylic acids is 2. The number of unbranched alkanes of at least 4 members (excludes halogenated alkanes) is 1. The maximum atomic E-state index is 12.9. The van der Waals surface area contributed by atoms with E-state index in [0.717, 1.165) is 56.7 Å². The van der Waals surface area contributed by atoms with Gasteiger partial charge in [0.25, 0.3) is 5.91 Å². The number of aryl methyl sites for hydroxylation is 1. The van der Waals surface area contributed by atoms with Crippen LogP contribution in [-0.4, -0.2) is 33.0 Å². The molecule has 2 aromatic heterocycles. The quantitative estimate of drug-likeness (QED) is 0.112. The van der Waals surface area contributed by atoms with Crippen LogP contribution in [-0.2, 0) is 29.1 Å². The first kappa shape index (κ1) is 31.1. The van der Waals surface area contributed by atoms with Crippen molar-refractivity contribution in [2.45, 2.75) is 44.9 Å². The number of thiazole rings is 2. The molecule has 3 heterocycles. The molecule has 0 bridgehead atoms.